The largest absolute Gasteiger partial charge is 0.481 e. The molecule has 1 heterocycles. The van der Waals surface area contributed by atoms with Crippen LogP contribution in [-0.2, 0) is 9.59 Å². The molecule has 2 rings (SSSR count). The zero-order valence-corrected chi connectivity index (χ0v) is 9.91. The summed E-state index contributed by atoms with van der Waals surface area (Å²) in [6.07, 6.45) is 0.0751. The summed E-state index contributed by atoms with van der Waals surface area (Å²) >= 11 is 0. The maximum absolute atomic E-state index is 12.1. The van der Waals surface area contributed by atoms with Gasteiger partial charge in [-0.1, -0.05) is 12.1 Å². The first kappa shape index (κ1) is 12.9. The SMILES string of the molecule is O=C[C@H](CCC(=O)O)N1C(=O)c2ccccc2C1=O. The fourth-order valence-corrected chi connectivity index (χ4v) is 2.04. The van der Waals surface area contributed by atoms with Gasteiger partial charge in [0, 0.05) is 6.42 Å². The van der Waals surface area contributed by atoms with Gasteiger partial charge in [0.1, 0.15) is 6.29 Å². The van der Waals surface area contributed by atoms with Gasteiger partial charge in [-0.05, 0) is 18.6 Å². The van der Waals surface area contributed by atoms with E-state index in [0.29, 0.717) is 6.29 Å². The first-order valence-corrected chi connectivity index (χ1v) is 5.70. The molecule has 6 heteroatoms. The number of carbonyl (C=O) groups excluding carboxylic acids is 3. The Labute approximate surface area is 108 Å². The number of fused-ring (bicyclic) bond motifs is 1. The van der Waals surface area contributed by atoms with E-state index >= 15 is 0 Å². The number of carboxylic acid groups (broad SMARTS) is 1. The Bertz CT molecular complexity index is 531. The Morgan fingerprint density at radius 2 is 1.74 bits per heavy atom. The van der Waals surface area contributed by atoms with Crippen molar-refractivity contribution in [2.75, 3.05) is 0 Å². The molecule has 1 aliphatic rings. The lowest BCUT2D eigenvalue weighted by atomic mass is 10.1. The fourth-order valence-electron chi connectivity index (χ4n) is 2.04. The second kappa shape index (κ2) is 5.01. The minimum atomic E-state index is -1.08. The number of hydrogen-bond donors (Lipinski definition) is 1. The van der Waals surface area contributed by atoms with Gasteiger partial charge in [-0.15, -0.1) is 0 Å². The maximum atomic E-state index is 12.1. The van der Waals surface area contributed by atoms with Crippen LogP contribution in [0.25, 0.3) is 0 Å². The van der Waals surface area contributed by atoms with Crippen molar-refractivity contribution in [3.05, 3.63) is 35.4 Å². The van der Waals surface area contributed by atoms with Crippen molar-refractivity contribution >= 4 is 24.1 Å². The molecule has 98 valence electrons. The lowest BCUT2D eigenvalue weighted by Gasteiger charge is -2.20. The molecule has 0 unspecified atom stereocenters. The summed E-state index contributed by atoms with van der Waals surface area (Å²) in [6.45, 7) is 0. The van der Waals surface area contributed by atoms with Gasteiger partial charge >= 0.3 is 5.97 Å². The summed E-state index contributed by atoms with van der Waals surface area (Å²) in [5.74, 6) is -2.19. The van der Waals surface area contributed by atoms with Crippen molar-refractivity contribution in [2.45, 2.75) is 18.9 Å². The zero-order valence-electron chi connectivity index (χ0n) is 9.91. The summed E-state index contributed by atoms with van der Waals surface area (Å²) in [5.41, 5.74) is 0.490. The average Bonchev–Trinajstić information content (AvgIpc) is 2.65. The van der Waals surface area contributed by atoms with Crippen LogP contribution in [0, 0.1) is 0 Å². The molecule has 0 bridgehead atoms. The topological polar surface area (TPSA) is 91.8 Å². The molecule has 1 aliphatic heterocycles. The van der Waals surface area contributed by atoms with Gasteiger partial charge in [0.25, 0.3) is 11.8 Å². The minimum Gasteiger partial charge on any atom is -0.481 e. The number of carboxylic acids is 1. The van der Waals surface area contributed by atoms with Gasteiger partial charge in [-0.2, -0.15) is 0 Å². The molecule has 0 fully saturated rings. The quantitative estimate of drug-likeness (QED) is 0.622. The first-order valence-electron chi connectivity index (χ1n) is 5.70. The van der Waals surface area contributed by atoms with Crippen LogP contribution in [0.4, 0.5) is 0 Å². The standard InChI is InChI=1S/C13H11NO5/c15-7-8(5-6-11(16)17)14-12(18)9-3-1-2-4-10(9)13(14)19/h1-4,7-8H,5-6H2,(H,16,17)/t8-/m0/s1. The normalized spacial score (nSPS) is 15.3. The van der Waals surface area contributed by atoms with Crippen LogP contribution < -0.4 is 0 Å². The van der Waals surface area contributed by atoms with Gasteiger partial charge in [0.05, 0.1) is 17.2 Å². The van der Waals surface area contributed by atoms with Crippen molar-refractivity contribution < 1.29 is 24.3 Å². The van der Waals surface area contributed by atoms with Crippen LogP contribution in [0.2, 0.25) is 0 Å². The number of amides is 2. The van der Waals surface area contributed by atoms with E-state index in [4.69, 9.17) is 5.11 Å². The predicted molar refractivity (Wildman–Crippen MR) is 63.7 cm³/mol. The van der Waals surface area contributed by atoms with Crippen molar-refractivity contribution in [1.82, 2.24) is 4.90 Å². The summed E-state index contributed by atoms with van der Waals surface area (Å²) in [6, 6.07) is 5.23. The van der Waals surface area contributed by atoms with E-state index in [1.165, 1.54) is 12.1 Å². The average molecular weight is 261 g/mol. The van der Waals surface area contributed by atoms with Gasteiger partial charge in [0.15, 0.2) is 0 Å². The number of nitrogens with zero attached hydrogens (tertiary/aromatic N) is 1. The Morgan fingerprint density at radius 3 is 2.16 bits per heavy atom. The van der Waals surface area contributed by atoms with E-state index in [9.17, 15) is 19.2 Å². The number of aldehydes is 1. The van der Waals surface area contributed by atoms with Crippen LogP contribution in [0.1, 0.15) is 33.6 Å². The minimum absolute atomic E-state index is 0.0791. The first-order chi connectivity index (χ1) is 9.06. The molecule has 1 atom stereocenters. The van der Waals surface area contributed by atoms with Gasteiger partial charge in [-0.3, -0.25) is 19.3 Å². The Morgan fingerprint density at radius 1 is 1.21 bits per heavy atom. The Hall–Kier alpha value is -2.50. The number of imide groups is 1. The molecule has 1 N–H and O–H groups in total. The summed E-state index contributed by atoms with van der Waals surface area (Å²) < 4.78 is 0. The number of carbonyl (C=O) groups is 4. The second-order valence-electron chi connectivity index (χ2n) is 4.16. The molecular formula is C13H11NO5. The number of benzene rings is 1. The van der Waals surface area contributed by atoms with Crippen LogP contribution in [0.5, 0.6) is 0 Å². The molecule has 6 nitrogen and oxygen atoms in total. The summed E-state index contributed by atoms with van der Waals surface area (Å²) in [5, 5.41) is 8.60. The van der Waals surface area contributed by atoms with E-state index in [0.717, 1.165) is 4.90 Å². The fraction of sp³-hybridized carbons (Fsp3) is 0.231. The maximum Gasteiger partial charge on any atom is 0.303 e. The van der Waals surface area contributed by atoms with E-state index in [1.807, 2.05) is 0 Å². The third-order valence-corrected chi connectivity index (χ3v) is 2.97. The molecule has 0 spiro atoms. The molecule has 0 saturated heterocycles. The highest BCUT2D eigenvalue weighted by molar-refractivity contribution is 6.22. The summed E-state index contributed by atoms with van der Waals surface area (Å²) in [7, 11) is 0. The van der Waals surface area contributed by atoms with Gasteiger partial charge in [0.2, 0.25) is 0 Å². The third-order valence-electron chi connectivity index (χ3n) is 2.97. The van der Waals surface area contributed by atoms with Crippen molar-refractivity contribution in [3.63, 3.8) is 0 Å². The number of hydrogen-bond acceptors (Lipinski definition) is 4. The molecule has 0 radical (unpaired) electrons. The van der Waals surface area contributed by atoms with Gasteiger partial charge in [-0.25, -0.2) is 0 Å². The van der Waals surface area contributed by atoms with E-state index in [2.05, 4.69) is 0 Å². The molecule has 1 aromatic carbocycles. The van der Waals surface area contributed by atoms with E-state index < -0.39 is 23.8 Å². The third kappa shape index (κ3) is 2.24. The van der Waals surface area contributed by atoms with Crippen molar-refractivity contribution in [1.29, 1.82) is 0 Å². The van der Waals surface area contributed by atoms with E-state index in [-0.39, 0.29) is 24.0 Å². The number of rotatable bonds is 5. The van der Waals surface area contributed by atoms with E-state index in [1.54, 1.807) is 12.1 Å². The van der Waals surface area contributed by atoms with Crippen molar-refractivity contribution in [3.8, 4) is 0 Å². The predicted octanol–water partition coefficient (Wildman–Crippen LogP) is 0.715. The monoisotopic (exact) mass is 261 g/mol. The molecule has 0 saturated carbocycles. The molecule has 0 aromatic heterocycles. The van der Waals surface area contributed by atoms with Crippen LogP contribution in [0.15, 0.2) is 24.3 Å². The highest BCUT2D eigenvalue weighted by Crippen LogP contribution is 2.25. The van der Waals surface area contributed by atoms with Crippen LogP contribution in [0.3, 0.4) is 0 Å². The summed E-state index contributed by atoms with van der Waals surface area (Å²) in [4.78, 5) is 46.5. The highest BCUT2D eigenvalue weighted by Gasteiger charge is 2.39. The highest BCUT2D eigenvalue weighted by atomic mass is 16.4. The smallest absolute Gasteiger partial charge is 0.303 e. The zero-order chi connectivity index (χ0) is 14.0. The molecular weight excluding hydrogens is 250 g/mol. The van der Waals surface area contributed by atoms with Crippen molar-refractivity contribution in [2.24, 2.45) is 0 Å². The van der Waals surface area contributed by atoms with Crippen LogP contribution >= 0.6 is 0 Å². The molecule has 0 aliphatic carbocycles. The Kier molecular flexibility index (Phi) is 3.41. The van der Waals surface area contributed by atoms with Gasteiger partial charge < -0.3 is 9.90 Å². The second-order valence-corrected chi connectivity index (χ2v) is 4.16. The molecule has 1 aromatic rings. The lowest BCUT2D eigenvalue weighted by Crippen LogP contribution is -2.41. The molecule has 2 amide bonds. The lowest BCUT2D eigenvalue weighted by molar-refractivity contribution is -0.137. The number of aliphatic carboxylic acids is 1. The Balaban J connectivity index is 2.27. The van der Waals surface area contributed by atoms with Crippen LogP contribution in [-0.4, -0.2) is 40.1 Å². The molecule has 19 heavy (non-hydrogen) atoms.